The number of aromatic amines is 1. The van der Waals surface area contributed by atoms with Gasteiger partial charge in [0.25, 0.3) is 0 Å². The Labute approximate surface area is 84.0 Å². The molecule has 1 heterocycles. The van der Waals surface area contributed by atoms with Gasteiger partial charge in [0.05, 0.1) is 11.1 Å². The van der Waals surface area contributed by atoms with Gasteiger partial charge < -0.3 is 15.2 Å². The smallest absolute Gasteiger partial charge is 0.352 e. The second-order valence-electron chi connectivity index (χ2n) is 3.06. The molecule has 5 heteroatoms. The lowest BCUT2D eigenvalue weighted by Gasteiger charge is -1.95. The first-order valence-electron chi connectivity index (χ1n) is 4.18. The van der Waals surface area contributed by atoms with Gasteiger partial charge in [-0.05, 0) is 12.1 Å². The number of nitrogens with one attached hydrogen (secondary N) is 1. The zero-order valence-corrected chi connectivity index (χ0v) is 7.52. The maximum atomic E-state index is 10.8. The summed E-state index contributed by atoms with van der Waals surface area (Å²) in [5.74, 6) is -2.19. The maximum Gasteiger partial charge on any atom is 0.352 e. The SMILES string of the molecule is O=C(O)c1cc2cccc(C(=O)O)c2[nH]1. The minimum Gasteiger partial charge on any atom is -0.478 e. The molecule has 0 radical (unpaired) electrons. The third-order valence-corrected chi connectivity index (χ3v) is 2.12. The molecule has 76 valence electrons. The predicted molar refractivity (Wildman–Crippen MR) is 52.2 cm³/mol. The highest BCUT2D eigenvalue weighted by Crippen LogP contribution is 2.19. The van der Waals surface area contributed by atoms with Gasteiger partial charge in [-0.15, -0.1) is 0 Å². The van der Waals surface area contributed by atoms with Crippen molar-refractivity contribution in [2.75, 3.05) is 0 Å². The van der Waals surface area contributed by atoms with Crippen molar-refractivity contribution in [3.05, 3.63) is 35.5 Å². The van der Waals surface area contributed by atoms with E-state index in [0.717, 1.165) is 0 Å². The molecule has 0 amide bonds. The van der Waals surface area contributed by atoms with Crippen molar-refractivity contribution >= 4 is 22.8 Å². The first-order chi connectivity index (χ1) is 7.09. The number of carboxylic acid groups (broad SMARTS) is 2. The third-order valence-electron chi connectivity index (χ3n) is 2.12. The topological polar surface area (TPSA) is 90.4 Å². The standard InChI is InChI=1S/C10H7NO4/c12-9(13)6-3-1-2-5-4-7(10(14)15)11-8(5)6/h1-4,11H,(H,12,13)(H,14,15). The quantitative estimate of drug-likeness (QED) is 0.693. The van der Waals surface area contributed by atoms with Crippen LogP contribution in [0.25, 0.3) is 10.9 Å². The van der Waals surface area contributed by atoms with Crippen LogP contribution in [-0.4, -0.2) is 27.1 Å². The summed E-state index contributed by atoms with van der Waals surface area (Å²) in [5, 5.41) is 18.2. The first kappa shape index (κ1) is 9.26. The molecule has 1 aromatic carbocycles. The summed E-state index contributed by atoms with van der Waals surface area (Å²) in [6.07, 6.45) is 0. The van der Waals surface area contributed by atoms with Gasteiger partial charge >= 0.3 is 11.9 Å². The highest BCUT2D eigenvalue weighted by molar-refractivity contribution is 6.04. The van der Waals surface area contributed by atoms with Crippen molar-refractivity contribution in [2.24, 2.45) is 0 Å². The van der Waals surface area contributed by atoms with E-state index >= 15 is 0 Å². The minimum absolute atomic E-state index is 0.0151. The summed E-state index contributed by atoms with van der Waals surface area (Å²) in [5.41, 5.74) is 0.390. The summed E-state index contributed by atoms with van der Waals surface area (Å²) < 4.78 is 0. The lowest BCUT2D eigenvalue weighted by Crippen LogP contribution is -1.98. The van der Waals surface area contributed by atoms with Crippen LogP contribution in [0.1, 0.15) is 20.8 Å². The van der Waals surface area contributed by atoms with Gasteiger partial charge in [0.1, 0.15) is 5.69 Å². The van der Waals surface area contributed by atoms with E-state index < -0.39 is 11.9 Å². The molecular weight excluding hydrogens is 198 g/mol. The molecule has 15 heavy (non-hydrogen) atoms. The molecule has 0 spiro atoms. The van der Waals surface area contributed by atoms with Crippen LogP contribution in [0.3, 0.4) is 0 Å². The second-order valence-corrected chi connectivity index (χ2v) is 3.06. The van der Waals surface area contributed by atoms with E-state index in [-0.39, 0.29) is 11.3 Å². The molecule has 0 saturated heterocycles. The number of para-hydroxylation sites is 1. The van der Waals surface area contributed by atoms with Crippen LogP contribution >= 0.6 is 0 Å². The number of H-pyrrole nitrogens is 1. The number of carboxylic acids is 2. The fraction of sp³-hybridized carbons (Fsp3) is 0. The zero-order chi connectivity index (χ0) is 11.0. The Morgan fingerprint density at radius 3 is 2.47 bits per heavy atom. The van der Waals surface area contributed by atoms with Crippen LogP contribution < -0.4 is 0 Å². The van der Waals surface area contributed by atoms with Crippen molar-refractivity contribution in [3.63, 3.8) is 0 Å². The Hall–Kier alpha value is -2.30. The number of carbonyl (C=O) groups is 2. The van der Waals surface area contributed by atoms with Crippen molar-refractivity contribution in [3.8, 4) is 0 Å². The fourth-order valence-electron chi connectivity index (χ4n) is 1.45. The van der Waals surface area contributed by atoms with Crippen molar-refractivity contribution in [1.82, 2.24) is 4.98 Å². The van der Waals surface area contributed by atoms with Crippen molar-refractivity contribution in [1.29, 1.82) is 0 Å². The average molecular weight is 205 g/mol. The normalized spacial score (nSPS) is 10.4. The maximum absolute atomic E-state index is 10.8. The van der Waals surface area contributed by atoms with E-state index in [1.54, 1.807) is 12.1 Å². The molecule has 0 bridgehead atoms. The third kappa shape index (κ3) is 1.43. The monoisotopic (exact) mass is 205 g/mol. The van der Waals surface area contributed by atoms with Crippen molar-refractivity contribution < 1.29 is 19.8 Å². The van der Waals surface area contributed by atoms with Gasteiger partial charge in [-0.1, -0.05) is 12.1 Å². The van der Waals surface area contributed by atoms with E-state index in [0.29, 0.717) is 10.9 Å². The molecule has 0 aliphatic heterocycles. The number of hydrogen-bond donors (Lipinski definition) is 3. The summed E-state index contributed by atoms with van der Waals surface area (Å²) in [4.78, 5) is 24.1. The molecule has 5 nitrogen and oxygen atoms in total. The van der Waals surface area contributed by atoms with Gasteiger partial charge in [-0.2, -0.15) is 0 Å². The van der Waals surface area contributed by atoms with Crippen molar-refractivity contribution in [2.45, 2.75) is 0 Å². The molecule has 3 N–H and O–H groups in total. The van der Waals surface area contributed by atoms with Crippen LogP contribution in [0.2, 0.25) is 0 Å². The van der Waals surface area contributed by atoms with E-state index in [9.17, 15) is 9.59 Å². The Morgan fingerprint density at radius 1 is 1.13 bits per heavy atom. The van der Waals surface area contributed by atoms with E-state index in [1.165, 1.54) is 12.1 Å². The van der Waals surface area contributed by atoms with Crippen LogP contribution in [0.15, 0.2) is 24.3 Å². The van der Waals surface area contributed by atoms with Crippen LogP contribution in [0, 0.1) is 0 Å². The van der Waals surface area contributed by atoms with Crippen LogP contribution in [-0.2, 0) is 0 Å². The Kier molecular flexibility index (Phi) is 1.93. The van der Waals surface area contributed by atoms with E-state index in [2.05, 4.69) is 4.98 Å². The molecule has 1 aromatic heterocycles. The van der Waals surface area contributed by atoms with Gasteiger partial charge in [-0.25, -0.2) is 9.59 Å². The zero-order valence-electron chi connectivity index (χ0n) is 7.52. The largest absolute Gasteiger partial charge is 0.478 e. The predicted octanol–water partition coefficient (Wildman–Crippen LogP) is 1.56. The Balaban J connectivity index is 2.75. The summed E-state index contributed by atoms with van der Waals surface area (Å²) >= 11 is 0. The van der Waals surface area contributed by atoms with Crippen LogP contribution in [0.4, 0.5) is 0 Å². The number of rotatable bonds is 2. The molecule has 0 aliphatic rings. The first-order valence-corrected chi connectivity index (χ1v) is 4.18. The molecule has 0 saturated carbocycles. The molecule has 2 rings (SSSR count). The number of aromatic nitrogens is 1. The van der Waals surface area contributed by atoms with E-state index in [1.807, 2.05) is 0 Å². The molecule has 0 aliphatic carbocycles. The molecule has 0 atom stereocenters. The Bertz CT molecular complexity index is 556. The van der Waals surface area contributed by atoms with Gasteiger partial charge in [0.15, 0.2) is 0 Å². The number of fused-ring (bicyclic) bond motifs is 1. The fourth-order valence-corrected chi connectivity index (χ4v) is 1.45. The summed E-state index contributed by atoms with van der Waals surface area (Å²) in [6.45, 7) is 0. The van der Waals surface area contributed by atoms with Gasteiger partial charge in [-0.3, -0.25) is 0 Å². The minimum atomic E-state index is -1.11. The molecule has 2 aromatic rings. The number of benzene rings is 1. The molecule has 0 fully saturated rings. The lowest BCUT2D eigenvalue weighted by atomic mass is 10.1. The average Bonchev–Trinajstić information content (AvgIpc) is 2.60. The highest BCUT2D eigenvalue weighted by Gasteiger charge is 2.13. The Morgan fingerprint density at radius 2 is 1.87 bits per heavy atom. The number of hydrogen-bond acceptors (Lipinski definition) is 2. The highest BCUT2D eigenvalue weighted by atomic mass is 16.4. The molecule has 0 unspecified atom stereocenters. The summed E-state index contributed by atoms with van der Waals surface area (Å²) in [7, 11) is 0. The lowest BCUT2D eigenvalue weighted by molar-refractivity contribution is 0.0681. The van der Waals surface area contributed by atoms with E-state index in [4.69, 9.17) is 10.2 Å². The van der Waals surface area contributed by atoms with Gasteiger partial charge in [0.2, 0.25) is 0 Å². The second kappa shape index (κ2) is 3.13. The summed E-state index contributed by atoms with van der Waals surface area (Å²) in [6, 6.07) is 6.06. The molecular formula is C10H7NO4. The number of aromatic carboxylic acids is 2. The van der Waals surface area contributed by atoms with Crippen LogP contribution in [0.5, 0.6) is 0 Å². The van der Waals surface area contributed by atoms with Gasteiger partial charge in [0, 0.05) is 5.39 Å².